The van der Waals surface area contributed by atoms with E-state index in [0.29, 0.717) is 12.5 Å². The zero-order chi connectivity index (χ0) is 11.7. The standard InChI is InChI=1S/C14H18O2/c1-9-4-5-12(8-11(9)3)13(15)14-10(2)6-7-16-14/h4-5,8,10,14H,6-7H2,1-3H3. The van der Waals surface area contributed by atoms with Crippen molar-refractivity contribution in [1.29, 1.82) is 0 Å². The van der Waals surface area contributed by atoms with Crippen molar-refractivity contribution in [3.63, 3.8) is 0 Å². The molecule has 1 fully saturated rings. The van der Waals surface area contributed by atoms with Crippen LogP contribution < -0.4 is 0 Å². The van der Waals surface area contributed by atoms with Crippen LogP contribution in [0.25, 0.3) is 0 Å². The number of hydrogen-bond acceptors (Lipinski definition) is 2. The molecule has 86 valence electrons. The molecule has 2 nitrogen and oxygen atoms in total. The Balaban J connectivity index is 2.23. The monoisotopic (exact) mass is 218 g/mol. The first-order chi connectivity index (χ1) is 7.59. The van der Waals surface area contributed by atoms with Gasteiger partial charge in [0.2, 0.25) is 0 Å². The van der Waals surface area contributed by atoms with Crippen LogP contribution in [0.1, 0.15) is 34.8 Å². The van der Waals surface area contributed by atoms with Crippen LogP contribution in [-0.4, -0.2) is 18.5 Å². The van der Waals surface area contributed by atoms with Crippen LogP contribution in [0.15, 0.2) is 18.2 Å². The van der Waals surface area contributed by atoms with Gasteiger partial charge in [0.1, 0.15) is 6.10 Å². The lowest BCUT2D eigenvalue weighted by Gasteiger charge is -2.13. The summed E-state index contributed by atoms with van der Waals surface area (Å²) in [6.07, 6.45) is 0.753. The predicted molar refractivity (Wildman–Crippen MR) is 63.8 cm³/mol. The fourth-order valence-corrected chi connectivity index (χ4v) is 2.09. The van der Waals surface area contributed by atoms with Gasteiger partial charge in [-0.1, -0.05) is 19.1 Å². The van der Waals surface area contributed by atoms with Gasteiger partial charge >= 0.3 is 0 Å². The van der Waals surface area contributed by atoms with Crippen LogP contribution >= 0.6 is 0 Å². The number of aryl methyl sites for hydroxylation is 2. The average Bonchev–Trinajstić information content (AvgIpc) is 2.67. The largest absolute Gasteiger partial charge is 0.370 e. The third kappa shape index (κ3) is 2.03. The molecular weight excluding hydrogens is 200 g/mol. The second-order valence-corrected chi connectivity index (χ2v) is 4.72. The van der Waals surface area contributed by atoms with Gasteiger partial charge in [0, 0.05) is 12.2 Å². The second kappa shape index (κ2) is 4.38. The van der Waals surface area contributed by atoms with Crippen LogP contribution in [-0.2, 0) is 4.74 Å². The average molecular weight is 218 g/mol. The summed E-state index contributed by atoms with van der Waals surface area (Å²) in [5.41, 5.74) is 3.16. The molecule has 2 atom stereocenters. The Kier molecular flexibility index (Phi) is 3.10. The third-order valence-corrected chi connectivity index (χ3v) is 3.44. The van der Waals surface area contributed by atoms with Crippen molar-refractivity contribution in [1.82, 2.24) is 0 Å². The normalized spacial score (nSPS) is 24.7. The van der Waals surface area contributed by atoms with Crippen molar-refractivity contribution in [3.8, 4) is 0 Å². The Morgan fingerprint density at radius 3 is 2.62 bits per heavy atom. The molecular formula is C14H18O2. The van der Waals surface area contributed by atoms with E-state index in [2.05, 4.69) is 13.8 Å². The fourth-order valence-electron chi connectivity index (χ4n) is 2.09. The summed E-state index contributed by atoms with van der Waals surface area (Å²) in [4.78, 5) is 12.2. The molecule has 0 saturated carbocycles. The van der Waals surface area contributed by atoms with Crippen molar-refractivity contribution < 1.29 is 9.53 Å². The molecule has 0 spiro atoms. The van der Waals surface area contributed by atoms with E-state index in [1.54, 1.807) is 0 Å². The van der Waals surface area contributed by atoms with E-state index in [1.807, 2.05) is 25.1 Å². The summed E-state index contributed by atoms with van der Waals surface area (Å²) in [6, 6.07) is 5.87. The van der Waals surface area contributed by atoms with E-state index >= 15 is 0 Å². The van der Waals surface area contributed by atoms with Gasteiger partial charge in [-0.2, -0.15) is 0 Å². The van der Waals surface area contributed by atoms with Gasteiger partial charge < -0.3 is 4.74 Å². The molecule has 2 heteroatoms. The van der Waals surface area contributed by atoms with Gasteiger partial charge in [-0.05, 0) is 43.4 Å². The van der Waals surface area contributed by atoms with Crippen LogP contribution in [0, 0.1) is 19.8 Å². The van der Waals surface area contributed by atoms with Crippen LogP contribution in [0.2, 0.25) is 0 Å². The number of ketones is 1. The van der Waals surface area contributed by atoms with Gasteiger partial charge in [-0.15, -0.1) is 0 Å². The predicted octanol–water partition coefficient (Wildman–Crippen LogP) is 2.91. The number of hydrogen-bond donors (Lipinski definition) is 0. The second-order valence-electron chi connectivity index (χ2n) is 4.72. The smallest absolute Gasteiger partial charge is 0.191 e. The maximum absolute atomic E-state index is 12.2. The number of carbonyl (C=O) groups is 1. The minimum absolute atomic E-state index is 0.133. The number of carbonyl (C=O) groups excluding carboxylic acids is 1. The first-order valence-corrected chi connectivity index (χ1v) is 5.82. The summed E-state index contributed by atoms with van der Waals surface area (Å²) in [6.45, 7) is 6.88. The van der Waals surface area contributed by atoms with Crippen molar-refractivity contribution in [2.24, 2.45) is 5.92 Å². The highest BCUT2D eigenvalue weighted by Crippen LogP contribution is 2.24. The SMILES string of the molecule is Cc1ccc(C(=O)C2OCCC2C)cc1C. The Bertz CT molecular complexity index is 409. The molecule has 1 aromatic rings. The highest BCUT2D eigenvalue weighted by Gasteiger charge is 2.31. The van der Waals surface area contributed by atoms with Crippen LogP contribution in [0.3, 0.4) is 0 Å². The minimum atomic E-state index is -0.234. The number of benzene rings is 1. The Morgan fingerprint density at radius 1 is 1.31 bits per heavy atom. The van der Waals surface area contributed by atoms with Gasteiger partial charge in [0.05, 0.1) is 0 Å². The molecule has 1 aromatic carbocycles. The van der Waals surface area contributed by atoms with Gasteiger partial charge in [-0.3, -0.25) is 4.79 Å². The number of ether oxygens (including phenoxy) is 1. The molecule has 1 aliphatic rings. The number of rotatable bonds is 2. The van der Waals surface area contributed by atoms with Crippen molar-refractivity contribution >= 4 is 5.78 Å². The van der Waals surface area contributed by atoms with Gasteiger partial charge in [0.15, 0.2) is 5.78 Å². The van der Waals surface area contributed by atoms with Crippen LogP contribution in [0.5, 0.6) is 0 Å². The Hall–Kier alpha value is -1.15. The Labute approximate surface area is 96.6 Å². The van der Waals surface area contributed by atoms with Crippen molar-refractivity contribution in [3.05, 3.63) is 34.9 Å². The Morgan fingerprint density at radius 2 is 2.06 bits per heavy atom. The number of Topliss-reactive ketones (excluding diaryl/α,β-unsaturated/α-hetero) is 1. The highest BCUT2D eigenvalue weighted by atomic mass is 16.5. The van der Waals surface area contributed by atoms with Gasteiger partial charge in [0.25, 0.3) is 0 Å². The summed E-state index contributed by atoms with van der Waals surface area (Å²) in [7, 11) is 0. The molecule has 2 unspecified atom stereocenters. The first-order valence-electron chi connectivity index (χ1n) is 5.82. The van der Waals surface area contributed by atoms with E-state index in [9.17, 15) is 4.79 Å². The molecule has 16 heavy (non-hydrogen) atoms. The fraction of sp³-hybridized carbons (Fsp3) is 0.500. The summed E-state index contributed by atoms with van der Waals surface area (Å²) >= 11 is 0. The lowest BCUT2D eigenvalue weighted by Crippen LogP contribution is -2.25. The molecule has 1 aliphatic heterocycles. The zero-order valence-corrected chi connectivity index (χ0v) is 10.1. The molecule has 1 heterocycles. The molecule has 0 radical (unpaired) electrons. The molecule has 0 aliphatic carbocycles. The maximum atomic E-state index is 12.2. The zero-order valence-electron chi connectivity index (χ0n) is 10.1. The molecule has 1 saturated heterocycles. The highest BCUT2D eigenvalue weighted by molar-refractivity contribution is 6.00. The quantitative estimate of drug-likeness (QED) is 0.713. The molecule has 0 amide bonds. The maximum Gasteiger partial charge on any atom is 0.191 e. The summed E-state index contributed by atoms with van der Waals surface area (Å²) in [5.74, 6) is 0.474. The topological polar surface area (TPSA) is 26.3 Å². The van der Waals surface area contributed by atoms with E-state index in [-0.39, 0.29) is 11.9 Å². The van der Waals surface area contributed by atoms with Crippen molar-refractivity contribution in [2.75, 3.05) is 6.61 Å². The third-order valence-electron chi connectivity index (χ3n) is 3.44. The van der Waals surface area contributed by atoms with Crippen molar-refractivity contribution in [2.45, 2.75) is 33.3 Å². The van der Waals surface area contributed by atoms with Gasteiger partial charge in [-0.25, -0.2) is 0 Å². The molecule has 0 bridgehead atoms. The summed E-state index contributed by atoms with van der Waals surface area (Å²) < 4.78 is 5.50. The van der Waals surface area contributed by atoms with E-state index < -0.39 is 0 Å². The van der Waals surface area contributed by atoms with E-state index in [0.717, 1.165) is 17.5 Å². The lowest BCUT2D eigenvalue weighted by molar-refractivity contribution is 0.0579. The summed E-state index contributed by atoms with van der Waals surface area (Å²) in [5, 5.41) is 0. The molecule has 0 aromatic heterocycles. The lowest BCUT2D eigenvalue weighted by atomic mass is 9.94. The van der Waals surface area contributed by atoms with Crippen LogP contribution in [0.4, 0.5) is 0 Å². The molecule has 0 N–H and O–H groups in total. The van der Waals surface area contributed by atoms with E-state index in [4.69, 9.17) is 4.74 Å². The van der Waals surface area contributed by atoms with E-state index in [1.165, 1.54) is 5.56 Å². The molecule has 2 rings (SSSR count). The first kappa shape index (κ1) is 11.3. The minimum Gasteiger partial charge on any atom is -0.370 e.